The first kappa shape index (κ1) is 9.97. The maximum atomic E-state index is 10.9. The van der Waals surface area contributed by atoms with E-state index in [1.54, 1.807) is 0 Å². The summed E-state index contributed by atoms with van der Waals surface area (Å²) in [7, 11) is 0. The van der Waals surface area contributed by atoms with Crippen molar-refractivity contribution < 1.29 is 9.90 Å². The van der Waals surface area contributed by atoms with Crippen LogP contribution in [0.2, 0.25) is 0 Å². The fourth-order valence-corrected chi connectivity index (χ4v) is 3.04. The van der Waals surface area contributed by atoms with E-state index < -0.39 is 12.0 Å². The van der Waals surface area contributed by atoms with Crippen molar-refractivity contribution >= 4 is 5.97 Å². The third-order valence-electron chi connectivity index (χ3n) is 4.13. The van der Waals surface area contributed by atoms with Crippen LogP contribution in [0.15, 0.2) is 0 Å². The quantitative estimate of drug-likeness (QED) is 0.724. The van der Waals surface area contributed by atoms with Gasteiger partial charge in [0.05, 0.1) is 0 Å². The Morgan fingerprint density at radius 2 is 1.86 bits per heavy atom. The smallest absolute Gasteiger partial charge is 0.321 e. The maximum Gasteiger partial charge on any atom is 0.321 e. The molecule has 2 aliphatic rings. The fourth-order valence-electron chi connectivity index (χ4n) is 3.04. The molecule has 2 aliphatic carbocycles. The second-order valence-corrected chi connectivity index (χ2v) is 4.88. The van der Waals surface area contributed by atoms with E-state index in [1.165, 1.54) is 32.1 Å². The molecule has 0 aliphatic heterocycles. The third-order valence-corrected chi connectivity index (χ3v) is 4.13. The van der Waals surface area contributed by atoms with Gasteiger partial charge in [-0.3, -0.25) is 4.79 Å². The molecule has 14 heavy (non-hydrogen) atoms. The van der Waals surface area contributed by atoms with E-state index in [2.05, 4.69) is 0 Å². The monoisotopic (exact) mass is 197 g/mol. The molecule has 1 unspecified atom stereocenters. The summed E-state index contributed by atoms with van der Waals surface area (Å²) in [6.45, 7) is 0. The molecule has 80 valence electrons. The lowest BCUT2D eigenvalue weighted by atomic mass is 9.74. The van der Waals surface area contributed by atoms with Crippen LogP contribution in [0.3, 0.4) is 0 Å². The summed E-state index contributed by atoms with van der Waals surface area (Å²) in [5.74, 6) is -0.226. The molecule has 3 N–H and O–H groups in total. The number of rotatable bonds is 3. The normalized spacial score (nSPS) is 28.4. The molecular formula is C11H19NO2. The van der Waals surface area contributed by atoms with E-state index in [0.29, 0.717) is 5.92 Å². The average Bonchev–Trinajstić information content (AvgIpc) is 2.99. The van der Waals surface area contributed by atoms with E-state index in [0.717, 1.165) is 12.8 Å². The Balaban J connectivity index is 2.03. The Morgan fingerprint density at radius 1 is 1.29 bits per heavy atom. The van der Waals surface area contributed by atoms with Crippen LogP contribution in [-0.4, -0.2) is 17.1 Å². The first-order valence-corrected chi connectivity index (χ1v) is 5.65. The highest BCUT2D eigenvalue weighted by Gasteiger charge is 2.55. The molecule has 0 saturated heterocycles. The first-order chi connectivity index (χ1) is 6.67. The van der Waals surface area contributed by atoms with Crippen LogP contribution >= 0.6 is 0 Å². The highest BCUT2D eigenvalue weighted by atomic mass is 16.4. The minimum atomic E-state index is -0.812. The van der Waals surface area contributed by atoms with Crippen molar-refractivity contribution in [2.24, 2.45) is 17.1 Å². The first-order valence-electron chi connectivity index (χ1n) is 5.65. The lowest BCUT2D eigenvalue weighted by Gasteiger charge is -2.32. The summed E-state index contributed by atoms with van der Waals surface area (Å²) < 4.78 is 0. The number of carboxylic acids is 1. The predicted molar refractivity (Wildman–Crippen MR) is 53.9 cm³/mol. The second-order valence-electron chi connectivity index (χ2n) is 4.88. The Hall–Kier alpha value is -0.570. The van der Waals surface area contributed by atoms with Crippen molar-refractivity contribution in [1.82, 2.24) is 0 Å². The van der Waals surface area contributed by atoms with Crippen LogP contribution in [0.25, 0.3) is 0 Å². The van der Waals surface area contributed by atoms with E-state index in [4.69, 9.17) is 10.8 Å². The fraction of sp³-hybridized carbons (Fsp3) is 0.909. The summed E-state index contributed by atoms with van der Waals surface area (Å²) in [6.07, 6.45) is 8.30. The van der Waals surface area contributed by atoms with Crippen LogP contribution < -0.4 is 5.73 Å². The molecule has 0 aromatic carbocycles. The van der Waals surface area contributed by atoms with Gasteiger partial charge in [-0.1, -0.05) is 19.3 Å². The van der Waals surface area contributed by atoms with Crippen molar-refractivity contribution in [3.8, 4) is 0 Å². The lowest BCUT2D eigenvalue weighted by molar-refractivity contribution is -0.141. The largest absolute Gasteiger partial charge is 0.480 e. The summed E-state index contributed by atoms with van der Waals surface area (Å²) in [5.41, 5.74) is 5.77. The summed E-state index contributed by atoms with van der Waals surface area (Å²) >= 11 is 0. The number of hydrogen-bond acceptors (Lipinski definition) is 2. The zero-order valence-corrected chi connectivity index (χ0v) is 8.54. The number of carboxylic acid groups (broad SMARTS) is 1. The van der Waals surface area contributed by atoms with Crippen LogP contribution in [0, 0.1) is 11.3 Å². The van der Waals surface area contributed by atoms with E-state index in [9.17, 15) is 4.79 Å². The summed E-state index contributed by atoms with van der Waals surface area (Å²) in [5, 5.41) is 8.96. The molecule has 0 amide bonds. The van der Waals surface area contributed by atoms with Gasteiger partial charge in [-0.25, -0.2) is 0 Å². The van der Waals surface area contributed by atoms with Crippen LogP contribution in [-0.2, 0) is 4.79 Å². The minimum Gasteiger partial charge on any atom is -0.480 e. The van der Waals surface area contributed by atoms with Gasteiger partial charge in [-0.2, -0.15) is 0 Å². The molecule has 0 radical (unpaired) electrons. The van der Waals surface area contributed by atoms with Gasteiger partial charge < -0.3 is 10.8 Å². The van der Waals surface area contributed by atoms with Gasteiger partial charge in [-0.15, -0.1) is 0 Å². The van der Waals surface area contributed by atoms with Crippen molar-refractivity contribution in [3.05, 3.63) is 0 Å². The van der Waals surface area contributed by atoms with Crippen molar-refractivity contribution in [3.63, 3.8) is 0 Å². The second kappa shape index (κ2) is 3.54. The van der Waals surface area contributed by atoms with Crippen LogP contribution in [0.4, 0.5) is 0 Å². The van der Waals surface area contributed by atoms with E-state index in [1.807, 2.05) is 0 Å². The predicted octanol–water partition coefficient (Wildman–Crippen LogP) is 1.76. The Kier molecular flexibility index (Phi) is 2.52. The number of hydrogen-bond donors (Lipinski definition) is 2. The molecule has 2 fully saturated rings. The van der Waals surface area contributed by atoms with Crippen molar-refractivity contribution in [2.75, 3.05) is 0 Å². The Labute approximate surface area is 84.7 Å². The standard InChI is InChI=1S/C11H19NO2/c12-9(10(13)14)11(6-7-11)8-4-2-1-3-5-8/h8-9H,1-7,12H2,(H,13,14). The summed E-state index contributed by atoms with van der Waals surface area (Å²) in [6, 6.07) is -0.620. The van der Waals surface area contributed by atoms with Gasteiger partial charge in [0.1, 0.15) is 6.04 Å². The molecule has 0 aromatic heterocycles. The van der Waals surface area contributed by atoms with Gasteiger partial charge in [0.25, 0.3) is 0 Å². The zero-order valence-electron chi connectivity index (χ0n) is 8.54. The molecule has 2 saturated carbocycles. The van der Waals surface area contributed by atoms with Gasteiger partial charge in [0.2, 0.25) is 0 Å². The molecule has 2 rings (SSSR count). The Bertz CT molecular complexity index is 229. The highest BCUT2D eigenvalue weighted by Crippen LogP contribution is 2.58. The molecule has 0 heterocycles. The Morgan fingerprint density at radius 3 is 2.29 bits per heavy atom. The number of carbonyl (C=O) groups is 1. The maximum absolute atomic E-state index is 10.9. The highest BCUT2D eigenvalue weighted by molar-refractivity contribution is 5.75. The van der Waals surface area contributed by atoms with Gasteiger partial charge in [0, 0.05) is 0 Å². The van der Waals surface area contributed by atoms with Crippen molar-refractivity contribution in [2.45, 2.75) is 51.0 Å². The topological polar surface area (TPSA) is 63.3 Å². The number of aliphatic carboxylic acids is 1. The molecule has 3 heteroatoms. The average molecular weight is 197 g/mol. The molecule has 0 aromatic rings. The van der Waals surface area contributed by atoms with Gasteiger partial charge >= 0.3 is 5.97 Å². The van der Waals surface area contributed by atoms with Gasteiger partial charge in [-0.05, 0) is 37.0 Å². The SMILES string of the molecule is NC(C(=O)O)C1(C2CCCCC2)CC1. The van der Waals surface area contributed by atoms with E-state index >= 15 is 0 Å². The molecule has 0 bridgehead atoms. The number of nitrogens with two attached hydrogens (primary N) is 1. The minimum absolute atomic E-state index is 0.0216. The molecule has 0 spiro atoms. The van der Waals surface area contributed by atoms with Crippen molar-refractivity contribution in [1.29, 1.82) is 0 Å². The third kappa shape index (κ3) is 1.54. The van der Waals surface area contributed by atoms with E-state index in [-0.39, 0.29) is 5.41 Å². The zero-order chi connectivity index (χ0) is 10.2. The molecule has 1 atom stereocenters. The van der Waals surface area contributed by atoms with Gasteiger partial charge in [0.15, 0.2) is 0 Å². The van der Waals surface area contributed by atoms with Crippen LogP contribution in [0.1, 0.15) is 44.9 Å². The molecule has 3 nitrogen and oxygen atoms in total. The lowest BCUT2D eigenvalue weighted by Crippen LogP contribution is -2.43. The molecular weight excluding hydrogens is 178 g/mol. The summed E-state index contributed by atoms with van der Waals surface area (Å²) in [4.78, 5) is 10.9. The van der Waals surface area contributed by atoms with Crippen LogP contribution in [0.5, 0.6) is 0 Å².